The average Bonchev–Trinajstić information content (AvgIpc) is 3.26. The van der Waals surface area contributed by atoms with E-state index in [2.05, 4.69) is 31.9 Å². The van der Waals surface area contributed by atoms with Crippen LogP contribution in [0.4, 0.5) is 0 Å². The minimum Gasteiger partial charge on any atom is -0.455 e. The number of nitrogens with one attached hydrogen (secondary N) is 6. The van der Waals surface area contributed by atoms with Gasteiger partial charge in [0.05, 0.1) is 74.9 Å². The van der Waals surface area contributed by atoms with Crippen molar-refractivity contribution < 1.29 is 82.2 Å². The first-order valence-corrected chi connectivity index (χ1v) is 21.2. The van der Waals surface area contributed by atoms with Crippen molar-refractivity contribution in [3.63, 3.8) is 0 Å². The third kappa shape index (κ3) is 9.24. The van der Waals surface area contributed by atoms with E-state index in [1.807, 2.05) is 0 Å². The van der Waals surface area contributed by atoms with Crippen molar-refractivity contribution in [1.29, 1.82) is 0 Å². The first kappa shape index (κ1) is 49.1. The molecule has 4 fully saturated rings. The van der Waals surface area contributed by atoms with E-state index in [9.17, 15) is 58.5 Å². The van der Waals surface area contributed by atoms with Gasteiger partial charge in [-0.25, -0.2) is 4.79 Å². The van der Waals surface area contributed by atoms with Crippen LogP contribution in [0.3, 0.4) is 0 Å². The van der Waals surface area contributed by atoms with Crippen LogP contribution < -0.4 is 31.9 Å². The summed E-state index contributed by atoms with van der Waals surface area (Å²) in [4.78, 5) is 133. The van der Waals surface area contributed by atoms with Crippen molar-refractivity contribution in [3.05, 3.63) is 47.0 Å². The zero-order chi connectivity index (χ0) is 48.5. The molecule has 23 nitrogen and oxygen atoms in total. The Kier molecular flexibility index (Phi) is 14.1. The van der Waals surface area contributed by atoms with Crippen LogP contribution in [0.1, 0.15) is 64.2 Å². The summed E-state index contributed by atoms with van der Waals surface area (Å²) in [5.41, 5.74) is -8.24. The quantitative estimate of drug-likeness (QED) is 0.0748. The molecule has 0 unspecified atom stereocenters. The summed E-state index contributed by atoms with van der Waals surface area (Å²) in [5.74, 6) is -11.2. The molecule has 2 saturated heterocycles. The van der Waals surface area contributed by atoms with Crippen molar-refractivity contribution >= 4 is 59.1 Å². The minimum absolute atomic E-state index is 0.0398. The van der Waals surface area contributed by atoms with Crippen molar-refractivity contribution in [2.45, 2.75) is 102 Å². The second-order valence-corrected chi connectivity index (χ2v) is 17.8. The lowest BCUT2D eigenvalue weighted by molar-refractivity contribution is -0.346. The number of benzene rings is 1. The van der Waals surface area contributed by atoms with Gasteiger partial charge in [0, 0.05) is 25.2 Å². The molecule has 23 heteroatoms. The summed E-state index contributed by atoms with van der Waals surface area (Å²) >= 11 is 0. The van der Waals surface area contributed by atoms with Gasteiger partial charge in [0.1, 0.15) is 23.9 Å². The monoisotopic (exact) mass is 926 g/mol. The van der Waals surface area contributed by atoms with Gasteiger partial charge in [0.25, 0.3) is 0 Å². The van der Waals surface area contributed by atoms with E-state index in [1.165, 1.54) is 39.8 Å². The first-order valence-electron chi connectivity index (χ1n) is 21.2. The van der Waals surface area contributed by atoms with E-state index in [1.54, 1.807) is 18.2 Å². The van der Waals surface area contributed by atoms with Gasteiger partial charge >= 0.3 is 17.9 Å². The van der Waals surface area contributed by atoms with Gasteiger partial charge < -0.3 is 66.2 Å². The van der Waals surface area contributed by atoms with Crippen molar-refractivity contribution in [1.82, 2.24) is 31.9 Å². The van der Waals surface area contributed by atoms with Crippen LogP contribution in [-0.4, -0.2) is 162 Å². The van der Waals surface area contributed by atoms with E-state index in [0.29, 0.717) is 0 Å². The highest BCUT2D eigenvalue weighted by Gasteiger charge is 2.78. The molecule has 0 aromatic heterocycles. The largest absolute Gasteiger partial charge is 0.455 e. The summed E-state index contributed by atoms with van der Waals surface area (Å²) in [6.45, 7) is 3.10. The number of fused-ring (bicyclic) bond motifs is 5. The Morgan fingerprint density at radius 1 is 0.788 bits per heavy atom. The number of aliphatic hydroxyl groups is 3. The number of carbonyl (C=O) groups excluding carboxylic acids is 10. The third-order valence-corrected chi connectivity index (χ3v) is 13.4. The Bertz CT molecular complexity index is 2230. The van der Waals surface area contributed by atoms with Crippen LogP contribution in [0.5, 0.6) is 0 Å². The lowest BCUT2D eigenvalue weighted by Gasteiger charge is -2.67. The molecule has 5 aliphatic rings. The predicted octanol–water partition coefficient (Wildman–Crippen LogP) is -3.90. The molecule has 2 heterocycles. The molecule has 0 radical (unpaired) electrons. The van der Waals surface area contributed by atoms with E-state index in [0.717, 1.165) is 6.92 Å². The van der Waals surface area contributed by atoms with Gasteiger partial charge in [0.15, 0.2) is 17.5 Å². The fraction of sp³-hybridized carbons (Fsp3) is 0.581. The van der Waals surface area contributed by atoms with Crippen molar-refractivity contribution in [3.8, 4) is 0 Å². The Morgan fingerprint density at radius 3 is 1.86 bits per heavy atom. The molecule has 3 aliphatic carbocycles. The summed E-state index contributed by atoms with van der Waals surface area (Å²) in [6.07, 6.45) is -10.2. The second-order valence-electron chi connectivity index (χ2n) is 17.8. The van der Waals surface area contributed by atoms with Crippen molar-refractivity contribution in [2.75, 3.05) is 39.3 Å². The Morgan fingerprint density at radius 2 is 1.33 bits per heavy atom. The zero-order valence-corrected chi connectivity index (χ0v) is 36.8. The highest BCUT2D eigenvalue weighted by molar-refractivity contribution is 5.98. The fourth-order valence-corrected chi connectivity index (χ4v) is 9.80. The number of aliphatic hydroxyl groups excluding tert-OH is 2. The molecule has 9 N–H and O–H groups in total. The number of ketones is 1. The van der Waals surface area contributed by atoms with Crippen LogP contribution in [-0.2, 0) is 62.1 Å². The highest BCUT2D eigenvalue weighted by atomic mass is 16.6. The molecular formula is C43H54N6O17. The second kappa shape index (κ2) is 18.9. The average molecular weight is 927 g/mol. The van der Waals surface area contributed by atoms with E-state index in [-0.39, 0.29) is 29.7 Å². The standard InChI is InChI=1S/C43H54N6O17/c1-20-24(51)13-43(62)37(65-39(61)22-9-7-6-8-10-22)35-41(5,25(52)12-26-42(35,19-63-26)66-21(2)50)36(59)34(33(20)40(43,3)4)64-32(58)11-23-38(60)48-17-30(56)46-15-28(54)44-14-27(53)45-16-29(55)47-18-31(57)49-23/h6-10,23-26,34-35,37,51-52,62H,11-19H2,1-5H3,(H,44,54)(H,45,53)(H,46,56)(H,47,55)(H,48,60)(H,49,57)/t23-,24-,25-,26+,34+,35-,37-,41+,42-,43+/m0/s1. The van der Waals surface area contributed by atoms with E-state index >= 15 is 4.79 Å². The maximum Gasteiger partial charge on any atom is 0.338 e. The maximum absolute atomic E-state index is 15.6. The molecule has 0 spiro atoms. The number of hydrogen-bond donors (Lipinski definition) is 9. The molecule has 2 aliphatic heterocycles. The molecule has 6 amide bonds. The van der Waals surface area contributed by atoms with Gasteiger partial charge in [-0.05, 0) is 37.1 Å². The number of amides is 6. The molecule has 10 atom stereocenters. The number of esters is 3. The van der Waals surface area contributed by atoms with E-state index in [4.69, 9.17) is 18.9 Å². The lowest BCUT2D eigenvalue weighted by Crippen LogP contribution is -2.81. The van der Waals surface area contributed by atoms with E-state index < -0.39 is 169 Å². The SMILES string of the molecule is CC(=O)O[C@@]12CO[C@@H]1C[C@H](O)[C@@]1(C)C(=O)[C@H](OC(=O)C[C@@H]3NC(=O)CNC(=O)CNC(=O)CNC(=O)CNC(=O)CNC3=O)C3=C(C)[C@@H](O)C[C@@](O)([C@@H](OC(=O)c4ccccc4)[C@H]21)C3(C)C. The summed E-state index contributed by atoms with van der Waals surface area (Å²) < 4.78 is 24.0. The Labute approximate surface area is 377 Å². The van der Waals surface area contributed by atoms with Crippen LogP contribution in [0, 0.1) is 16.7 Å². The normalized spacial score (nSPS) is 34.2. The number of carbonyl (C=O) groups is 10. The van der Waals surface area contributed by atoms with Crippen LogP contribution in [0.15, 0.2) is 41.5 Å². The number of Topliss-reactive ketones (excluding diaryl/α,β-unsaturated/α-hetero) is 1. The molecule has 2 bridgehead atoms. The zero-order valence-electron chi connectivity index (χ0n) is 36.8. The number of hydrogen-bond acceptors (Lipinski definition) is 17. The molecular weight excluding hydrogens is 872 g/mol. The number of ether oxygens (including phenoxy) is 4. The van der Waals surface area contributed by atoms with Gasteiger partial charge in [-0.3, -0.25) is 43.2 Å². The van der Waals surface area contributed by atoms with Crippen LogP contribution in [0.25, 0.3) is 0 Å². The predicted molar refractivity (Wildman–Crippen MR) is 221 cm³/mol. The summed E-state index contributed by atoms with van der Waals surface area (Å²) in [7, 11) is 0. The third-order valence-electron chi connectivity index (χ3n) is 13.4. The number of rotatable bonds is 6. The molecule has 6 rings (SSSR count). The molecule has 1 aromatic carbocycles. The molecule has 2 saturated carbocycles. The Balaban J connectivity index is 1.40. The Hall–Kier alpha value is -6.30. The topological polar surface area (TPSA) is 340 Å². The maximum atomic E-state index is 15.6. The molecule has 1 aromatic rings. The smallest absolute Gasteiger partial charge is 0.338 e. The first-order chi connectivity index (χ1) is 31.0. The minimum atomic E-state index is -2.39. The fourth-order valence-electron chi connectivity index (χ4n) is 9.80. The van der Waals surface area contributed by atoms with Crippen molar-refractivity contribution in [2.24, 2.45) is 16.7 Å². The van der Waals surface area contributed by atoms with Gasteiger partial charge in [-0.15, -0.1) is 0 Å². The molecule has 66 heavy (non-hydrogen) atoms. The van der Waals surface area contributed by atoms with Crippen LogP contribution >= 0.6 is 0 Å². The van der Waals surface area contributed by atoms with Crippen LogP contribution in [0.2, 0.25) is 0 Å². The lowest BCUT2D eigenvalue weighted by atomic mass is 9.44. The summed E-state index contributed by atoms with van der Waals surface area (Å²) in [6, 6.07) is 5.82. The highest BCUT2D eigenvalue weighted by Crippen LogP contribution is 2.64. The van der Waals surface area contributed by atoms with Gasteiger partial charge in [-0.1, -0.05) is 32.0 Å². The molecule has 358 valence electrons. The van der Waals surface area contributed by atoms with Gasteiger partial charge in [-0.2, -0.15) is 0 Å². The van der Waals surface area contributed by atoms with Gasteiger partial charge in [0.2, 0.25) is 35.4 Å². The summed E-state index contributed by atoms with van der Waals surface area (Å²) in [5, 5.41) is 50.5.